The Balaban J connectivity index is 2.49. The van der Waals surface area contributed by atoms with Crippen LogP contribution in [0.1, 0.15) is 45.4 Å². The highest BCUT2D eigenvalue weighted by molar-refractivity contribution is 5.84. The van der Waals surface area contributed by atoms with Crippen molar-refractivity contribution in [1.29, 1.82) is 0 Å². The molecular formula is C12H20O. The Hall–Kier alpha value is -0.590. The molecule has 74 valence electrons. The van der Waals surface area contributed by atoms with E-state index in [4.69, 9.17) is 0 Å². The summed E-state index contributed by atoms with van der Waals surface area (Å²) in [5, 5.41) is 0. The lowest BCUT2D eigenvalue weighted by Gasteiger charge is -2.26. The number of Topliss-reactive ketones (excluding diaryl/α,β-unsaturated/α-hetero) is 1. The van der Waals surface area contributed by atoms with E-state index in [2.05, 4.69) is 13.5 Å². The zero-order valence-corrected chi connectivity index (χ0v) is 8.59. The number of ketones is 1. The van der Waals surface area contributed by atoms with Crippen LogP contribution in [0.5, 0.6) is 0 Å². The number of rotatable bonds is 4. The summed E-state index contributed by atoms with van der Waals surface area (Å²) in [6.07, 6.45) is 8.44. The molecule has 0 aliphatic heterocycles. The van der Waals surface area contributed by atoms with Gasteiger partial charge in [0, 0.05) is 11.8 Å². The van der Waals surface area contributed by atoms with Gasteiger partial charge in [-0.15, -0.1) is 6.58 Å². The Bertz CT molecular complexity index is 182. The van der Waals surface area contributed by atoms with Crippen molar-refractivity contribution in [3.63, 3.8) is 0 Å². The average Bonchev–Trinajstić information content (AvgIpc) is 2.13. The van der Waals surface area contributed by atoms with E-state index >= 15 is 0 Å². The Morgan fingerprint density at radius 1 is 1.46 bits per heavy atom. The second-order valence-electron chi connectivity index (χ2n) is 4.04. The Morgan fingerprint density at radius 2 is 2.15 bits per heavy atom. The SMILES string of the molecule is C=CCC1CCCC(CCC)C1=O. The molecule has 1 fully saturated rings. The maximum absolute atomic E-state index is 11.9. The molecular weight excluding hydrogens is 160 g/mol. The van der Waals surface area contributed by atoms with Crippen molar-refractivity contribution in [2.24, 2.45) is 11.8 Å². The smallest absolute Gasteiger partial charge is 0.139 e. The van der Waals surface area contributed by atoms with Crippen LogP contribution in [0.25, 0.3) is 0 Å². The second-order valence-corrected chi connectivity index (χ2v) is 4.04. The summed E-state index contributed by atoms with van der Waals surface area (Å²) < 4.78 is 0. The molecule has 0 bridgehead atoms. The van der Waals surface area contributed by atoms with Gasteiger partial charge < -0.3 is 0 Å². The average molecular weight is 180 g/mol. The van der Waals surface area contributed by atoms with Crippen molar-refractivity contribution >= 4 is 5.78 Å². The third-order valence-electron chi connectivity index (χ3n) is 3.00. The Morgan fingerprint density at radius 3 is 2.77 bits per heavy atom. The molecule has 1 nitrogen and oxygen atoms in total. The molecule has 1 saturated carbocycles. The third-order valence-corrected chi connectivity index (χ3v) is 3.00. The van der Waals surface area contributed by atoms with Gasteiger partial charge in [0.15, 0.2) is 0 Å². The van der Waals surface area contributed by atoms with Crippen LogP contribution in [0.3, 0.4) is 0 Å². The first kappa shape index (κ1) is 10.5. The Kier molecular flexibility index (Phi) is 4.20. The van der Waals surface area contributed by atoms with Crippen molar-refractivity contribution in [2.75, 3.05) is 0 Å². The normalized spacial score (nSPS) is 28.8. The predicted molar refractivity (Wildman–Crippen MR) is 55.6 cm³/mol. The molecule has 0 aromatic rings. The monoisotopic (exact) mass is 180 g/mol. The molecule has 0 amide bonds. The van der Waals surface area contributed by atoms with Crippen molar-refractivity contribution in [1.82, 2.24) is 0 Å². The highest BCUT2D eigenvalue weighted by Gasteiger charge is 2.29. The number of hydrogen-bond donors (Lipinski definition) is 0. The molecule has 0 saturated heterocycles. The summed E-state index contributed by atoms with van der Waals surface area (Å²) in [7, 11) is 0. The van der Waals surface area contributed by atoms with Crippen LogP contribution in [-0.4, -0.2) is 5.78 Å². The molecule has 1 aliphatic rings. The molecule has 0 aromatic heterocycles. The standard InChI is InChI=1S/C12H20O/c1-3-6-10-8-5-9-11(7-4-2)12(10)13/h3,10-11H,1,4-9H2,2H3. The van der Waals surface area contributed by atoms with Crippen molar-refractivity contribution in [3.8, 4) is 0 Å². The van der Waals surface area contributed by atoms with Crippen LogP contribution in [0.15, 0.2) is 12.7 Å². The lowest BCUT2D eigenvalue weighted by molar-refractivity contribution is -0.129. The highest BCUT2D eigenvalue weighted by Crippen LogP contribution is 2.30. The van der Waals surface area contributed by atoms with E-state index in [-0.39, 0.29) is 0 Å². The van der Waals surface area contributed by atoms with Crippen LogP contribution in [0, 0.1) is 11.8 Å². The molecule has 0 N–H and O–H groups in total. The van der Waals surface area contributed by atoms with Gasteiger partial charge in [0.05, 0.1) is 0 Å². The van der Waals surface area contributed by atoms with Crippen LogP contribution in [0.2, 0.25) is 0 Å². The van der Waals surface area contributed by atoms with Crippen molar-refractivity contribution in [2.45, 2.75) is 45.4 Å². The van der Waals surface area contributed by atoms with E-state index in [9.17, 15) is 4.79 Å². The van der Waals surface area contributed by atoms with Gasteiger partial charge in [-0.1, -0.05) is 25.8 Å². The van der Waals surface area contributed by atoms with Crippen molar-refractivity contribution < 1.29 is 4.79 Å². The van der Waals surface area contributed by atoms with Crippen LogP contribution < -0.4 is 0 Å². The van der Waals surface area contributed by atoms with Gasteiger partial charge in [-0.2, -0.15) is 0 Å². The van der Waals surface area contributed by atoms with Crippen molar-refractivity contribution in [3.05, 3.63) is 12.7 Å². The van der Waals surface area contributed by atoms with Gasteiger partial charge in [-0.3, -0.25) is 4.79 Å². The summed E-state index contributed by atoms with van der Waals surface area (Å²) in [5.74, 6) is 1.17. The molecule has 1 rings (SSSR count). The molecule has 0 heterocycles. The van der Waals surface area contributed by atoms with Crippen LogP contribution in [0.4, 0.5) is 0 Å². The largest absolute Gasteiger partial charge is 0.299 e. The van der Waals surface area contributed by atoms with E-state index in [1.165, 1.54) is 6.42 Å². The molecule has 0 aromatic carbocycles. The molecule has 13 heavy (non-hydrogen) atoms. The first-order valence-electron chi connectivity index (χ1n) is 5.44. The van der Waals surface area contributed by atoms with Gasteiger partial charge in [-0.25, -0.2) is 0 Å². The highest BCUT2D eigenvalue weighted by atomic mass is 16.1. The van der Waals surface area contributed by atoms with E-state index in [1.807, 2.05) is 6.08 Å². The molecule has 1 heteroatoms. The summed E-state index contributed by atoms with van der Waals surface area (Å²) in [6, 6.07) is 0. The quantitative estimate of drug-likeness (QED) is 0.606. The summed E-state index contributed by atoms with van der Waals surface area (Å²) in [6.45, 7) is 5.87. The van der Waals surface area contributed by atoms with Gasteiger partial charge >= 0.3 is 0 Å². The van der Waals surface area contributed by atoms with E-state index < -0.39 is 0 Å². The van der Waals surface area contributed by atoms with Gasteiger partial charge in [0.2, 0.25) is 0 Å². The van der Waals surface area contributed by atoms with Gasteiger partial charge in [0.25, 0.3) is 0 Å². The fourth-order valence-electron chi connectivity index (χ4n) is 2.30. The fraction of sp³-hybridized carbons (Fsp3) is 0.750. The third kappa shape index (κ3) is 2.68. The first-order valence-corrected chi connectivity index (χ1v) is 5.44. The zero-order valence-electron chi connectivity index (χ0n) is 8.59. The van der Waals surface area contributed by atoms with E-state index in [1.54, 1.807) is 0 Å². The fourth-order valence-corrected chi connectivity index (χ4v) is 2.30. The summed E-state index contributed by atoms with van der Waals surface area (Å²) in [4.78, 5) is 11.9. The van der Waals surface area contributed by atoms with Crippen LogP contribution >= 0.6 is 0 Å². The summed E-state index contributed by atoms with van der Waals surface area (Å²) >= 11 is 0. The minimum atomic E-state index is 0.294. The topological polar surface area (TPSA) is 17.1 Å². The minimum absolute atomic E-state index is 0.294. The Labute approximate surface area is 81.2 Å². The molecule has 2 unspecified atom stereocenters. The lowest BCUT2D eigenvalue weighted by Crippen LogP contribution is -2.27. The number of carbonyl (C=O) groups excluding carboxylic acids is 1. The molecule has 0 radical (unpaired) electrons. The zero-order chi connectivity index (χ0) is 9.68. The molecule has 0 spiro atoms. The molecule has 2 atom stereocenters. The summed E-state index contributed by atoms with van der Waals surface area (Å²) in [5.41, 5.74) is 0. The minimum Gasteiger partial charge on any atom is -0.299 e. The maximum atomic E-state index is 11.9. The number of carbonyl (C=O) groups is 1. The number of hydrogen-bond acceptors (Lipinski definition) is 1. The predicted octanol–water partition coefficient (Wildman–Crippen LogP) is 3.35. The lowest BCUT2D eigenvalue weighted by atomic mass is 9.77. The number of allylic oxidation sites excluding steroid dienone is 1. The first-order chi connectivity index (χ1) is 6.29. The van der Waals surface area contributed by atoms with E-state index in [0.717, 1.165) is 32.1 Å². The van der Waals surface area contributed by atoms with E-state index in [0.29, 0.717) is 17.6 Å². The maximum Gasteiger partial charge on any atom is 0.139 e. The van der Waals surface area contributed by atoms with Gasteiger partial charge in [0.1, 0.15) is 5.78 Å². The van der Waals surface area contributed by atoms with Crippen LogP contribution in [-0.2, 0) is 4.79 Å². The van der Waals surface area contributed by atoms with Gasteiger partial charge in [-0.05, 0) is 25.7 Å². The second kappa shape index (κ2) is 5.21. The molecule has 1 aliphatic carbocycles.